The van der Waals surface area contributed by atoms with Crippen LogP contribution in [0.2, 0.25) is 0 Å². The van der Waals surface area contributed by atoms with Crippen LogP contribution in [-0.4, -0.2) is 23.3 Å². The van der Waals surface area contributed by atoms with Crippen LogP contribution in [0.4, 0.5) is 0 Å². The number of rotatable bonds is 6. The minimum atomic E-state index is -0.426. The molecule has 2 N–H and O–H groups in total. The average molecular weight is 253 g/mol. The van der Waals surface area contributed by atoms with E-state index in [4.69, 9.17) is 0 Å². The number of nitrogens with one attached hydrogen (secondary N) is 1. The molecule has 0 bridgehead atoms. The highest BCUT2D eigenvalue weighted by Crippen LogP contribution is 2.21. The summed E-state index contributed by atoms with van der Waals surface area (Å²) in [5.41, 5.74) is 0.915. The van der Waals surface area contributed by atoms with Gasteiger partial charge in [-0.1, -0.05) is 12.1 Å². The minimum absolute atomic E-state index is 0.0978. The summed E-state index contributed by atoms with van der Waals surface area (Å²) >= 11 is 1.65. The topological polar surface area (TPSA) is 49.3 Å². The summed E-state index contributed by atoms with van der Waals surface area (Å²) in [5, 5.41) is 12.1. The molecule has 1 rings (SSSR count). The molecule has 1 atom stereocenters. The predicted octanol–water partition coefficient (Wildman–Crippen LogP) is 2.36. The van der Waals surface area contributed by atoms with E-state index in [0.717, 1.165) is 16.2 Å². The highest BCUT2D eigenvalue weighted by atomic mass is 32.2. The van der Waals surface area contributed by atoms with E-state index in [1.807, 2.05) is 31.2 Å². The van der Waals surface area contributed by atoms with E-state index >= 15 is 0 Å². The second-order valence-electron chi connectivity index (χ2n) is 3.80. The van der Waals surface area contributed by atoms with E-state index in [1.165, 1.54) is 0 Å². The number of hydrogen-bond donors (Lipinski definition) is 2. The number of carbonyl (C=O) groups excluding carboxylic acids is 1. The molecular weight excluding hydrogens is 234 g/mol. The Hall–Kier alpha value is -1.00. The molecule has 0 saturated carbocycles. The van der Waals surface area contributed by atoms with Gasteiger partial charge in [0.2, 0.25) is 5.91 Å². The van der Waals surface area contributed by atoms with Gasteiger partial charge in [-0.25, -0.2) is 0 Å². The molecular formula is C13H19NO2S. The van der Waals surface area contributed by atoms with Crippen LogP contribution in [0.3, 0.4) is 0 Å². The Morgan fingerprint density at radius 1 is 1.41 bits per heavy atom. The number of thioether (sulfide) groups is 1. The van der Waals surface area contributed by atoms with Crippen LogP contribution >= 0.6 is 11.8 Å². The monoisotopic (exact) mass is 253 g/mol. The van der Waals surface area contributed by atoms with Crippen LogP contribution in [-0.2, 0) is 4.79 Å². The van der Waals surface area contributed by atoms with Gasteiger partial charge in [0.05, 0.1) is 6.10 Å². The number of aliphatic hydroxyl groups excluding tert-OH is 1. The van der Waals surface area contributed by atoms with Gasteiger partial charge in [0, 0.05) is 23.6 Å². The lowest BCUT2D eigenvalue weighted by molar-refractivity contribution is -0.120. The molecule has 0 aliphatic carbocycles. The molecule has 1 aromatic rings. The lowest BCUT2D eigenvalue weighted by atomic mass is 10.1. The Morgan fingerprint density at radius 2 is 2.06 bits per heavy atom. The van der Waals surface area contributed by atoms with Gasteiger partial charge >= 0.3 is 0 Å². The second-order valence-corrected chi connectivity index (χ2v) is 4.97. The van der Waals surface area contributed by atoms with Gasteiger partial charge in [0.1, 0.15) is 0 Å². The first kappa shape index (κ1) is 14.1. The van der Waals surface area contributed by atoms with E-state index < -0.39 is 6.10 Å². The van der Waals surface area contributed by atoms with Crippen molar-refractivity contribution in [3.8, 4) is 0 Å². The largest absolute Gasteiger partial charge is 0.389 e. The first-order valence-electron chi connectivity index (χ1n) is 5.81. The van der Waals surface area contributed by atoms with Gasteiger partial charge in [-0.15, -0.1) is 11.8 Å². The van der Waals surface area contributed by atoms with E-state index in [1.54, 1.807) is 18.7 Å². The molecule has 94 valence electrons. The van der Waals surface area contributed by atoms with Crippen molar-refractivity contribution in [2.24, 2.45) is 0 Å². The molecule has 0 heterocycles. The molecule has 0 aromatic heterocycles. The highest BCUT2D eigenvalue weighted by molar-refractivity contribution is 7.99. The normalized spacial score (nSPS) is 12.2. The number of aliphatic hydroxyl groups is 1. The molecule has 0 saturated heterocycles. The number of hydrogen-bond acceptors (Lipinski definition) is 3. The van der Waals surface area contributed by atoms with Crippen LogP contribution in [0.15, 0.2) is 29.2 Å². The lowest BCUT2D eigenvalue weighted by Gasteiger charge is -2.06. The second kappa shape index (κ2) is 7.35. The Balaban J connectivity index is 2.35. The molecule has 1 amide bonds. The number of carbonyl (C=O) groups is 1. The maximum Gasteiger partial charge on any atom is 0.220 e. The molecule has 0 fully saturated rings. The van der Waals surface area contributed by atoms with Crippen molar-refractivity contribution in [1.82, 2.24) is 5.32 Å². The Bertz CT molecular complexity index is 349. The van der Waals surface area contributed by atoms with Gasteiger partial charge in [-0.05, 0) is 31.5 Å². The maximum atomic E-state index is 11.2. The first-order chi connectivity index (χ1) is 8.13. The standard InChI is InChI=1S/C13H19NO2S/c1-3-14-13(16)8-9-17-12-6-4-11(5-7-12)10(2)15/h4-7,10,15H,3,8-9H2,1-2H3,(H,14,16). The third-order valence-electron chi connectivity index (χ3n) is 2.33. The van der Waals surface area contributed by atoms with Gasteiger partial charge in [0.15, 0.2) is 0 Å². The van der Waals surface area contributed by atoms with Gasteiger partial charge in [0.25, 0.3) is 0 Å². The third kappa shape index (κ3) is 5.24. The van der Waals surface area contributed by atoms with Crippen LogP contribution in [0, 0.1) is 0 Å². The zero-order valence-corrected chi connectivity index (χ0v) is 11.1. The van der Waals surface area contributed by atoms with Crippen molar-refractivity contribution in [1.29, 1.82) is 0 Å². The molecule has 4 heteroatoms. The zero-order chi connectivity index (χ0) is 12.7. The summed E-state index contributed by atoms with van der Waals surface area (Å²) in [6.45, 7) is 4.35. The van der Waals surface area contributed by atoms with Crippen LogP contribution in [0.1, 0.15) is 31.9 Å². The lowest BCUT2D eigenvalue weighted by Crippen LogP contribution is -2.22. The summed E-state index contributed by atoms with van der Waals surface area (Å²) < 4.78 is 0. The molecule has 17 heavy (non-hydrogen) atoms. The van der Waals surface area contributed by atoms with Crippen molar-refractivity contribution in [2.45, 2.75) is 31.3 Å². The molecule has 0 radical (unpaired) electrons. The number of amides is 1. The van der Waals surface area contributed by atoms with E-state index in [2.05, 4.69) is 5.32 Å². The third-order valence-corrected chi connectivity index (χ3v) is 3.35. The van der Waals surface area contributed by atoms with Crippen LogP contribution < -0.4 is 5.32 Å². The van der Waals surface area contributed by atoms with Gasteiger partial charge in [-0.3, -0.25) is 4.79 Å². The smallest absolute Gasteiger partial charge is 0.220 e. The predicted molar refractivity (Wildman–Crippen MR) is 71.1 cm³/mol. The molecule has 3 nitrogen and oxygen atoms in total. The van der Waals surface area contributed by atoms with Crippen molar-refractivity contribution in [3.05, 3.63) is 29.8 Å². The minimum Gasteiger partial charge on any atom is -0.389 e. The zero-order valence-electron chi connectivity index (χ0n) is 10.3. The van der Waals surface area contributed by atoms with E-state index in [-0.39, 0.29) is 5.91 Å². The Morgan fingerprint density at radius 3 is 2.59 bits per heavy atom. The molecule has 1 unspecified atom stereocenters. The molecule has 1 aromatic carbocycles. The highest BCUT2D eigenvalue weighted by Gasteiger charge is 2.02. The van der Waals surface area contributed by atoms with E-state index in [9.17, 15) is 9.90 Å². The summed E-state index contributed by atoms with van der Waals surface area (Å²) in [6, 6.07) is 7.78. The summed E-state index contributed by atoms with van der Waals surface area (Å²) in [7, 11) is 0. The first-order valence-corrected chi connectivity index (χ1v) is 6.79. The van der Waals surface area contributed by atoms with Crippen molar-refractivity contribution >= 4 is 17.7 Å². The Labute approximate surface area is 107 Å². The van der Waals surface area contributed by atoms with Gasteiger partial charge < -0.3 is 10.4 Å². The fourth-order valence-corrected chi connectivity index (χ4v) is 2.24. The summed E-state index contributed by atoms with van der Waals surface area (Å²) in [6.07, 6.45) is 0.112. The maximum absolute atomic E-state index is 11.2. The fourth-order valence-electron chi connectivity index (χ4n) is 1.39. The van der Waals surface area contributed by atoms with E-state index in [0.29, 0.717) is 13.0 Å². The molecule has 0 aliphatic heterocycles. The Kier molecular flexibility index (Phi) is 6.08. The fraction of sp³-hybridized carbons (Fsp3) is 0.462. The quantitative estimate of drug-likeness (QED) is 0.765. The van der Waals surface area contributed by atoms with Crippen molar-refractivity contribution in [3.63, 3.8) is 0 Å². The average Bonchev–Trinajstić information content (AvgIpc) is 2.30. The summed E-state index contributed by atoms with van der Waals surface area (Å²) in [4.78, 5) is 12.3. The van der Waals surface area contributed by atoms with Crippen LogP contribution in [0.5, 0.6) is 0 Å². The van der Waals surface area contributed by atoms with Crippen LogP contribution in [0.25, 0.3) is 0 Å². The van der Waals surface area contributed by atoms with Crippen molar-refractivity contribution in [2.75, 3.05) is 12.3 Å². The molecule has 0 spiro atoms. The number of benzene rings is 1. The van der Waals surface area contributed by atoms with Crippen molar-refractivity contribution < 1.29 is 9.90 Å². The van der Waals surface area contributed by atoms with Gasteiger partial charge in [-0.2, -0.15) is 0 Å². The summed E-state index contributed by atoms with van der Waals surface area (Å²) in [5.74, 6) is 0.875. The molecule has 0 aliphatic rings. The SMILES string of the molecule is CCNC(=O)CCSc1ccc(C(C)O)cc1.